The Bertz CT molecular complexity index is 776. The summed E-state index contributed by atoms with van der Waals surface area (Å²) >= 11 is 0. The molecule has 2 fully saturated rings. The fourth-order valence-corrected chi connectivity index (χ4v) is 5.52. The Morgan fingerprint density at radius 2 is 1.86 bits per heavy atom. The van der Waals surface area contributed by atoms with Gasteiger partial charge in [-0.25, -0.2) is 12.7 Å². The molecule has 0 spiro atoms. The molecular weight excluding hydrogens is 390 g/mol. The van der Waals surface area contributed by atoms with E-state index in [-0.39, 0.29) is 11.8 Å². The molecule has 2 saturated heterocycles. The largest absolute Gasteiger partial charge is 0.497 e. The fourth-order valence-electron chi connectivity index (χ4n) is 3.99. The Morgan fingerprint density at radius 3 is 2.45 bits per heavy atom. The Balaban J connectivity index is 1.55. The number of nitrogens with one attached hydrogen (secondary N) is 2. The van der Waals surface area contributed by atoms with Crippen molar-refractivity contribution in [3.8, 4) is 5.75 Å². The molecule has 0 bridgehead atoms. The molecule has 9 heteroatoms. The zero-order valence-corrected chi connectivity index (χ0v) is 18.2. The third kappa shape index (κ3) is 5.83. The van der Waals surface area contributed by atoms with Gasteiger partial charge in [0.1, 0.15) is 5.75 Å². The molecular formula is C20H33N5O3S. The van der Waals surface area contributed by atoms with E-state index in [1.807, 2.05) is 12.1 Å². The first-order valence-electron chi connectivity index (χ1n) is 10.3. The normalized spacial score (nSPS) is 21.2. The highest BCUT2D eigenvalue weighted by Gasteiger charge is 2.27. The monoisotopic (exact) mass is 423 g/mol. The fraction of sp³-hybridized carbons (Fsp3) is 0.650. The van der Waals surface area contributed by atoms with Crippen molar-refractivity contribution in [2.45, 2.75) is 25.3 Å². The van der Waals surface area contributed by atoms with Crippen LogP contribution in [-0.4, -0.2) is 82.8 Å². The first-order chi connectivity index (χ1) is 14.0. The van der Waals surface area contributed by atoms with Gasteiger partial charge in [0.2, 0.25) is 10.0 Å². The third-order valence-corrected chi connectivity index (χ3v) is 7.58. The maximum absolute atomic E-state index is 11.9. The van der Waals surface area contributed by atoms with E-state index in [1.54, 1.807) is 18.5 Å². The van der Waals surface area contributed by atoms with Crippen molar-refractivity contribution in [1.82, 2.24) is 19.8 Å². The van der Waals surface area contributed by atoms with Crippen LogP contribution in [0, 0.1) is 0 Å². The molecule has 1 aromatic rings. The molecule has 0 radical (unpaired) electrons. The molecule has 0 aliphatic carbocycles. The number of aliphatic imine (C=N–C) groups is 1. The highest BCUT2D eigenvalue weighted by molar-refractivity contribution is 7.89. The van der Waals surface area contributed by atoms with E-state index in [4.69, 9.17) is 4.74 Å². The SMILES string of the molecule is CN=C(NCCN1CCCS1(=O)=O)NCC(c1ccc(OC)cc1)N1CCCC1. The number of benzene rings is 1. The lowest BCUT2D eigenvalue weighted by Crippen LogP contribution is -2.45. The maximum atomic E-state index is 11.9. The average Bonchev–Trinajstić information content (AvgIpc) is 3.37. The number of sulfonamides is 1. The summed E-state index contributed by atoms with van der Waals surface area (Å²) in [5, 5.41) is 6.66. The third-order valence-electron chi connectivity index (χ3n) is 5.63. The van der Waals surface area contributed by atoms with Gasteiger partial charge >= 0.3 is 0 Å². The molecule has 1 aromatic carbocycles. The second-order valence-electron chi connectivity index (χ2n) is 7.48. The summed E-state index contributed by atoms with van der Waals surface area (Å²) in [6, 6.07) is 8.50. The number of ether oxygens (including phenoxy) is 1. The smallest absolute Gasteiger partial charge is 0.214 e. The number of nitrogens with zero attached hydrogens (tertiary/aromatic N) is 3. The predicted octanol–water partition coefficient (Wildman–Crippen LogP) is 1.03. The minimum absolute atomic E-state index is 0.251. The van der Waals surface area contributed by atoms with Crippen LogP contribution in [0.4, 0.5) is 0 Å². The van der Waals surface area contributed by atoms with Crippen LogP contribution in [0.2, 0.25) is 0 Å². The van der Waals surface area contributed by atoms with E-state index < -0.39 is 10.0 Å². The van der Waals surface area contributed by atoms with E-state index >= 15 is 0 Å². The van der Waals surface area contributed by atoms with Gasteiger partial charge < -0.3 is 15.4 Å². The van der Waals surface area contributed by atoms with Crippen molar-refractivity contribution in [3.05, 3.63) is 29.8 Å². The van der Waals surface area contributed by atoms with Gasteiger partial charge in [0.15, 0.2) is 5.96 Å². The van der Waals surface area contributed by atoms with Gasteiger partial charge in [-0.1, -0.05) is 12.1 Å². The molecule has 2 aliphatic rings. The van der Waals surface area contributed by atoms with Crippen molar-refractivity contribution in [2.75, 3.05) is 59.2 Å². The van der Waals surface area contributed by atoms with Crippen molar-refractivity contribution >= 4 is 16.0 Å². The van der Waals surface area contributed by atoms with Crippen LogP contribution < -0.4 is 15.4 Å². The summed E-state index contributed by atoms with van der Waals surface area (Å²) in [7, 11) is 0.360. The van der Waals surface area contributed by atoms with E-state index in [1.165, 1.54) is 18.4 Å². The second-order valence-corrected chi connectivity index (χ2v) is 9.57. The molecule has 8 nitrogen and oxygen atoms in total. The molecule has 29 heavy (non-hydrogen) atoms. The highest BCUT2D eigenvalue weighted by atomic mass is 32.2. The minimum atomic E-state index is -3.05. The first kappa shape index (κ1) is 21.9. The van der Waals surface area contributed by atoms with Crippen LogP contribution in [0.25, 0.3) is 0 Å². The summed E-state index contributed by atoms with van der Waals surface area (Å²) < 4.78 is 30.7. The van der Waals surface area contributed by atoms with Crippen molar-refractivity contribution in [2.24, 2.45) is 4.99 Å². The molecule has 2 N–H and O–H groups in total. The number of methoxy groups -OCH3 is 1. The highest BCUT2D eigenvalue weighted by Crippen LogP contribution is 2.26. The van der Waals surface area contributed by atoms with Crippen molar-refractivity contribution in [3.63, 3.8) is 0 Å². The second kappa shape index (κ2) is 10.3. The molecule has 0 aromatic heterocycles. The van der Waals surface area contributed by atoms with E-state index in [0.29, 0.717) is 32.0 Å². The van der Waals surface area contributed by atoms with Crippen LogP contribution in [0.5, 0.6) is 5.75 Å². The lowest BCUT2D eigenvalue weighted by Gasteiger charge is -2.29. The summed E-state index contributed by atoms with van der Waals surface area (Å²) in [6.45, 7) is 4.54. The molecule has 1 atom stereocenters. The predicted molar refractivity (Wildman–Crippen MR) is 116 cm³/mol. The van der Waals surface area contributed by atoms with Crippen LogP contribution >= 0.6 is 0 Å². The van der Waals surface area contributed by atoms with Crippen LogP contribution in [0.15, 0.2) is 29.3 Å². The van der Waals surface area contributed by atoms with Crippen LogP contribution in [-0.2, 0) is 10.0 Å². The Morgan fingerprint density at radius 1 is 1.14 bits per heavy atom. The zero-order valence-electron chi connectivity index (χ0n) is 17.4. The van der Waals surface area contributed by atoms with Gasteiger partial charge in [0, 0.05) is 33.2 Å². The Hall–Kier alpha value is -1.84. The Labute approximate surface area is 174 Å². The number of hydrogen-bond acceptors (Lipinski definition) is 5. The number of likely N-dealkylation sites (tertiary alicyclic amines) is 1. The number of guanidine groups is 1. The van der Waals surface area contributed by atoms with Gasteiger partial charge in [-0.2, -0.15) is 0 Å². The number of hydrogen-bond donors (Lipinski definition) is 2. The topological polar surface area (TPSA) is 86.3 Å². The summed E-state index contributed by atoms with van der Waals surface area (Å²) in [6.07, 6.45) is 3.17. The van der Waals surface area contributed by atoms with Gasteiger partial charge in [0.05, 0.1) is 18.9 Å². The number of rotatable bonds is 8. The zero-order chi connectivity index (χ0) is 20.7. The first-order valence-corrected chi connectivity index (χ1v) is 11.9. The molecule has 2 aliphatic heterocycles. The maximum Gasteiger partial charge on any atom is 0.214 e. The molecule has 162 valence electrons. The average molecular weight is 424 g/mol. The van der Waals surface area contributed by atoms with E-state index in [0.717, 1.165) is 25.4 Å². The molecule has 0 saturated carbocycles. The summed E-state index contributed by atoms with van der Waals surface area (Å²) in [5.74, 6) is 1.81. The molecule has 0 amide bonds. The van der Waals surface area contributed by atoms with Gasteiger partial charge in [-0.05, 0) is 50.0 Å². The lowest BCUT2D eigenvalue weighted by atomic mass is 10.1. The summed E-state index contributed by atoms with van der Waals surface area (Å²) in [4.78, 5) is 6.80. The standard InChI is InChI=1S/C20H33N5O3S/c1-21-20(22-10-14-25-13-5-15-29(25,26)27)23-16-19(24-11-3-4-12-24)17-6-8-18(28-2)9-7-17/h6-9,19H,3-5,10-16H2,1-2H3,(H2,21,22,23). The quantitative estimate of drug-likeness (QED) is 0.480. The molecule has 1 unspecified atom stereocenters. The Kier molecular flexibility index (Phi) is 7.74. The van der Waals surface area contributed by atoms with Crippen molar-refractivity contribution in [1.29, 1.82) is 0 Å². The van der Waals surface area contributed by atoms with Gasteiger partial charge in [0.25, 0.3) is 0 Å². The van der Waals surface area contributed by atoms with E-state index in [2.05, 4.69) is 32.7 Å². The molecule has 2 heterocycles. The minimum Gasteiger partial charge on any atom is -0.497 e. The summed E-state index contributed by atoms with van der Waals surface area (Å²) in [5.41, 5.74) is 1.25. The van der Waals surface area contributed by atoms with Gasteiger partial charge in [-0.3, -0.25) is 9.89 Å². The van der Waals surface area contributed by atoms with Crippen LogP contribution in [0.1, 0.15) is 30.9 Å². The van der Waals surface area contributed by atoms with E-state index in [9.17, 15) is 8.42 Å². The van der Waals surface area contributed by atoms with Gasteiger partial charge in [-0.15, -0.1) is 0 Å². The van der Waals surface area contributed by atoms with Crippen LogP contribution in [0.3, 0.4) is 0 Å². The van der Waals surface area contributed by atoms with Crippen molar-refractivity contribution < 1.29 is 13.2 Å². The molecule has 3 rings (SSSR count). The lowest BCUT2D eigenvalue weighted by molar-refractivity contribution is 0.245.